The molecule has 6 heteroatoms. The number of phenolic OH excluding ortho intramolecular Hbond substituents is 1. The van der Waals surface area contributed by atoms with E-state index >= 15 is 0 Å². The lowest BCUT2D eigenvalue weighted by Crippen LogP contribution is -2.28. The Morgan fingerprint density at radius 2 is 2.11 bits per heavy atom. The quantitative estimate of drug-likeness (QED) is 0.664. The number of rotatable bonds is 6. The molecule has 0 aliphatic rings. The van der Waals surface area contributed by atoms with Crippen molar-refractivity contribution >= 4 is 34.5 Å². The van der Waals surface area contributed by atoms with Crippen LogP contribution in [0.15, 0.2) is 18.2 Å². The number of nitrogens with one attached hydrogen (secondary N) is 1. The van der Waals surface area contributed by atoms with Gasteiger partial charge in [-0.05, 0) is 53.1 Å². The fourth-order valence-electron chi connectivity index (χ4n) is 1.52. The summed E-state index contributed by atoms with van der Waals surface area (Å²) in [6.45, 7) is 2.26. The third-order valence-electron chi connectivity index (χ3n) is 2.67. The molecular weight excluding hydrogens is 361 g/mol. The molecule has 0 bridgehead atoms. The summed E-state index contributed by atoms with van der Waals surface area (Å²) in [5.41, 5.74) is 0.234. The number of carboxylic acid groups (broad SMARTS) is 1. The molecule has 1 amide bonds. The maximum Gasteiger partial charge on any atom is 0.303 e. The SMILES string of the molecule is CC(CCC(=O)O)CNC(=O)c1cc(I)ccc1O. The van der Waals surface area contributed by atoms with Crippen LogP contribution in [0.4, 0.5) is 0 Å². The molecule has 3 N–H and O–H groups in total. The first-order valence-corrected chi connectivity index (χ1v) is 6.96. The molecule has 0 aromatic heterocycles. The van der Waals surface area contributed by atoms with E-state index in [4.69, 9.17) is 5.11 Å². The molecule has 1 aromatic carbocycles. The van der Waals surface area contributed by atoms with Crippen LogP contribution in [0.2, 0.25) is 0 Å². The van der Waals surface area contributed by atoms with E-state index in [2.05, 4.69) is 27.9 Å². The summed E-state index contributed by atoms with van der Waals surface area (Å²) in [6.07, 6.45) is 0.597. The number of hydrogen-bond donors (Lipinski definition) is 3. The van der Waals surface area contributed by atoms with Crippen molar-refractivity contribution in [2.24, 2.45) is 5.92 Å². The average Bonchev–Trinajstić information content (AvgIpc) is 2.36. The highest BCUT2D eigenvalue weighted by atomic mass is 127. The van der Waals surface area contributed by atoms with Crippen LogP contribution in [0, 0.1) is 9.49 Å². The first kappa shape index (κ1) is 15.7. The van der Waals surface area contributed by atoms with Gasteiger partial charge in [0, 0.05) is 16.5 Å². The van der Waals surface area contributed by atoms with Gasteiger partial charge in [-0.2, -0.15) is 0 Å². The molecule has 0 fully saturated rings. The summed E-state index contributed by atoms with van der Waals surface area (Å²) in [5, 5.41) is 20.9. The summed E-state index contributed by atoms with van der Waals surface area (Å²) in [7, 11) is 0. The Morgan fingerprint density at radius 3 is 2.74 bits per heavy atom. The number of carbonyl (C=O) groups is 2. The molecule has 0 saturated heterocycles. The zero-order valence-corrected chi connectivity index (χ0v) is 12.7. The summed E-state index contributed by atoms with van der Waals surface area (Å²) < 4.78 is 0.861. The fourth-order valence-corrected chi connectivity index (χ4v) is 2.02. The number of phenols is 1. The minimum absolute atomic E-state index is 0.0592. The molecule has 0 aliphatic carbocycles. The molecule has 1 unspecified atom stereocenters. The molecule has 19 heavy (non-hydrogen) atoms. The van der Waals surface area contributed by atoms with Gasteiger partial charge in [-0.3, -0.25) is 9.59 Å². The highest BCUT2D eigenvalue weighted by molar-refractivity contribution is 14.1. The van der Waals surface area contributed by atoms with Gasteiger partial charge in [-0.25, -0.2) is 0 Å². The Kier molecular flexibility index (Phi) is 6.07. The molecule has 1 atom stereocenters. The van der Waals surface area contributed by atoms with E-state index in [1.807, 2.05) is 6.92 Å². The smallest absolute Gasteiger partial charge is 0.303 e. The van der Waals surface area contributed by atoms with Crippen LogP contribution in [0.1, 0.15) is 30.1 Å². The summed E-state index contributed by atoms with van der Waals surface area (Å²) in [4.78, 5) is 22.3. The van der Waals surface area contributed by atoms with Crippen LogP contribution >= 0.6 is 22.6 Å². The Balaban J connectivity index is 2.51. The van der Waals surface area contributed by atoms with Crippen molar-refractivity contribution in [3.05, 3.63) is 27.3 Å². The molecule has 0 aliphatic heterocycles. The standard InChI is InChI=1S/C13H16INO4/c1-8(2-5-12(17)18)7-15-13(19)10-6-9(14)3-4-11(10)16/h3-4,6,8,16H,2,5,7H2,1H3,(H,15,19)(H,17,18). The molecule has 1 rings (SSSR count). The van der Waals surface area contributed by atoms with Crippen molar-refractivity contribution < 1.29 is 19.8 Å². The molecule has 0 saturated carbocycles. The number of carbonyl (C=O) groups excluding carboxylic acids is 1. The monoisotopic (exact) mass is 377 g/mol. The predicted octanol–water partition coefficient (Wildman–Crippen LogP) is 2.23. The second-order valence-electron chi connectivity index (χ2n) is 4.41. The van der Waals surface area contributed by atoms with Crippen molar-refractivity contribution in [2.45, 2.75) is 19.8 Å². The van der Waals surface area contributed by atoms with Crippen LogP contribution in [-0.4, -0.2) is 28.6 Å². The van der Waals surface area contributed by atoms with Gasteiger partial charge >= 0.3 is 5.97 Å². The van der Waals surface area contributed by atoms with Gasteiger partial charge in [-0.15, -0.1) is 0 Å². The van der Waals surface area contributed by atoms with Gasteiger partial charge < -0.3 is 15.5 Å². The highest BCUT2D eigenvalue weighted by Gasteiger charge is 2.13. The average molecular weight is 377 g/mol. The van der Waals surface area contributed by atoms with Crippen molar-refractivity contribution in [1.29, 1.82) is 0 Å². The topological polar surface area (TPSA) is 86.6 Å². The number of benzene rings is 1. The second kappa shape index (κ2) is 7.32. The summed E-state index contributed by atoms with van der Waals surface area (Å²) >= 11 is 2.06. The Hall–Kier alpha value is -1.31. The normalized spacial score (nSPS) is 11.9. The van der Waals surface area contributed by atoms with Gasteiger partial charge in [0.05, 0.1) is 5.56 Å². The second-order valence-corrected chi connectivity index (χ2v) is 5.65. The molecule has 0 spiro atoms. The third kappa shape index (κ3) is 5.46. The highest BCUT2D eigenvalue weighted by Crippen LogP contribution is 2.19. The van der Waals surface area contributed by atoms with E-state index in [9.17, 15) is 14.7 Å². The maximum atomic E-state index is 11.9. The number of aromatic hydroxyl groups is 1. The van der Waals surface area contributed by atoms with Crippen LogP contribution in [-0.2, 0) is 4.79 Å². The van der Waals surface area contributed by atoms with Gasteiger partial charge in [0.15, 0.2) is 0 Å². The molecule has 0 radical (unpaired) electrons. The zero-order chi connectivity index (χ0) is 14.4. The lowest BCUT2D eigenvalue weighted by Gasteiger charge is -2.12. The lowest BCUT2D eigenvalue weighted by atomic mass is 10.1. The van der Waals surface area contributed by atoms with E-state index in [1.165, 1.54) is 6.07 Å². The molecule has 5 nitrogen and oxygen atoms in total. The number of halogens is 1. The number of carboxylic acids is 1. The minimum Gasteiger partial charge on any atom is -0.507 e. The molecule has 1 aromatic rings. The number of hydrogen-bond acceptors (Lipinski definition) is 3. The van der Waals surface area contributed by atoms with E-state index in [1.54, 1.807) is 12.1 Å². The summed E-state index contributed by atoms with van der Waals surface area (Å²) in [6, 6.07) is 4.79. The van der Waals surface area contributed by atoms with E-state index in [0.29, 0.717) is 13.0 Å². The number of aliphatic carboxylic acids is 1. The van der Waals surface area contributed by atoms with Crippen molar-refractivity contribution in [1.82, 2.24) is 5.32 Å². The predicted molar refractivity (Wildman–Crippen MR) is 79.2 cm³/mol. The van der Waals surface area contributed by atoms with Crippen LogP contribution in [0.3, 0.4) is 0 Å². The van der Waals surface area contributed by atoms with Gasteiger partial charge in [-0.1, -0.05) is 6.92 Å². The van der Waals surface area contributed by atoms with Gasteiger partial charge in [0.2, 0.25) is 0 Å². The minimum atomic E-state index is -0.839. The molecule has 0 heterocycles. The van der Waals surface area contributed by atoms with Crippen molar-refractivity contribution in [2.75, 3.05) is 6.54 Å². The Morgan fingerprint density at radius 1 is 1.42 bits per heavy atom. The molecule has 104 valence electrons. The summed E-state index contributed by atoms with van der Waals surface area (Å²) in [5.74, 6) is -1.17. The maximum absolute atomic E-state index is 11.9. The Labute approximate surface area is 125 Å². The van der Waals surface area contributed by atoms with Crippen molar-refractivity contribution in [3.8, 4) is 5.75 Å². The van der Waals surface area contributed by atoms with Crippen molar-refractivity contribution in [3.63, 3.8) is 0 Å². The third-order valence-corrected chi connectivity index (χ3v) is 3.34. The lowest BCUT2D eigenvalue weighted by molar-refractivity contribution is -0.137. The van der Waals surface area contributed by atoms with Gasteiger partial charge in [0.25, 0.3) is 5.91 Å². The largest absolute Gasteiger partial charge is 0.507 e. The van der Waals surface area contributed by atoms with Crippen LogP contribution < -0.4 is 5.32 Å². The zero-order valence-electron chi connectivity index (χ0n) is 10.5. The van der Waals surface area contributed by atoms with E-state index in [-0.39, 0.29) is 29.6 Å². The fraction of sp³-hybridized carbons (Fsp3) is 0.385. The van der Waals surface area contributed by atoms with Crippen LogP contribution in [0.25, 0.3) is 0 Å². The van der Waals surface area contributed by atoms with E-state index < -0.39 is 5.97 Å². The Bertz CT molecular complexity index is 476. The first-order valence-electron chi connectivity index (χ1n) is 5.88. The molecular formula is C13H16INO4. The van der Waals surface area contributed by atoms with E-state index in [0.717, 1.165) is 3.57 Å². The first-order chi connectivity index (χ1) is 8.90. The number of amides is 1. The van der Waals surface area contributed by atoms with Gasteiger partial charge in [0.1, 0.15) is 5.75 Å². The van der Waals surface area contributed by atoms with Crippen LogP contribution in [0.5, 0.6) is 5.75 Å².